The molecule has 4 N–H and O–H groups in total. The Bertz CT molecular complexity index is 1160. The number of hydrogen-bond acceptors (Lipinski definition) is 5. The molecule has 174 valence electrons. The second-order valence-electron chi connectivity index (χ2n) is 7.93. The van der Waals surface area contributed by atoms with Crippen molar-refractivity contribution in [3.05, 3.63) is 95.6 Å². The molecule has 0 radical (unpaired) electrons. The zero-order chi connectivity index (χ0) is 23.8. The van der Waals surface area contributed by atoms with E-state index in [0.29, 0.717) is 29.2 Å². The van der Waals surface area contributed by atoms with Gasteiger partial charge in [0, 0.05) is 22.9 Å². The van der Waals surface area contributed by atoms with Crippen LogP contribution >= 0.6 is 0 Å². The van der Waals surface area contributed by atoms with Gasteiger partial charge in [-0.25, -0.2) is 0 Å². The number of amides is 2. The molecular weight excluding hydrogens is 432 g/mol. The molecule has 1 aliphatic carbocycles. The molecule has 0 aliphatic heterocycles. The van der Waals surface area contributed by atoms with Crippen LogP contribution in [-0.2, 0) is 16.2 Å². The lowest BCUT2D eigenvalue weighted by Gasteiger charge is -2.08. The lowest BCUT2D eigenvalue weighted by molar-refractivity contribution is -0.120. The number of carbonyl (C=O) groups is 2. The maximum atomic E-state index is 12.2. The average Bonchev–Trinajstić information content (AvgIpc) is 3.68. The minimum absolute atomic E-state index is 0.140. The van der Waals surface area contributed by atoms with Crippen LogP contribution in [0.15, 0.2) is 84.0 Å². The van der Waals surface area contributed by atoms with Crippen LogP contribution in [0.25, 0.3) is 0 Å². The SMILES string of the molecule is N/C(=N\OCC(=O)Nc1cccc(C(=O)NC2CC2)c1)c1ccc(OCc2ccccc2)cc1. The summed E-state index contributed by atoms with van der Waals surface area (Å²) in [4.78, 5) is 29.4. The fourth-order valence-corrected chi connectivity index (χ4v) is 3.11. The molecule has 1 fully saturated rings. The van der Waals surface area contributed by atoms with Crippen LogP contribution in [0.5, 0.6) is 5.75 Å². The Morgan fingerprint density at radius 3 is 2.44 bits per heavy atom. The van der Waals surface area contributed by atoms with Gasteiger partial charge < -0.3 is 25.9 Å². The molecule has 8 nitrogen and oxygen atoms in total. The molecule has 0 bridgehead atoms. The van der Waals surface area contributed by atoms with E-state index in [2.05, 4.69) is 15.8 Å². The lowest BCUT2D eigenvalue weighted by atomic mass is 10.2. The zero-order valence-corrected chi connectivity index (χ0v) is 18.6. The highest BCUT2D eigenvalue weighted by Gasteiger charge is 2.23. The zero-order valence-electron chi connectivity index (χ0n) is 18.6. The first kappa shape index (κ1) is 22.8. The molecule has 2 amide bonds. The van der Waals surface area contributed by atoms with Gasteiger partial charge in [0.15, 0.2) is 12.4 Å². The maximum absolute atomic E-state index is 12.2. The summed E-state index contributed by atoms with van der Waals surface area (Å²) in [5.74, 6) is 0.277. The van der Waals surface area contributed by atoms with Crippen molar-refractivity contribution in [2.45, 2.75) is 25.5 Å². The number of benzene rings is 3. The highest BCUT2D eigenvalue weighted by atomic mass is 16.6. The topological polar surface area (TPSA) is 115 Å². The first-order valence-electron chi connectivity index (χ1n) is 11.0. The first-order chi connectivity index (χ1) is 16.6. The summed E-state index contributed by atoms with van der Waals surface area (Å²) in [5, 5.41) is 9.41. The molecule has 3 aromatic rings. The van der Waals surface area contributed by atoms with Crippen molar-refractivity contribution in [1.29, 1.82) is 0 Å². The number of nitrogens with zero attached hydrogens (tertiary/aromatic N) is 1. The van der Waals surface area contributed by atoms with Crippen LogP contribution in [0, 0.1) is 0 Å². The number of oxime groups is 1. The Kier molecular flexibility index (Phi) is 7.39. The van der Waals surface area contributed by atoms with Gasteiger partial charge in [-0.15, -0.1) is 0 Å². The minimum atomic E-state index is -0.416. The smallest absolute Gasteiger partial charge is 0.265 e. The van der Waals surface area contributed by atoms with Gasteiger partial charge >= 0.3 is 0 Å². The fraction of sp³-hybridized carbons (Fsp3) is 0.192. The molecule has 0 atom stereocenters. The largest absolute Gasteiger partial charge is 0.489 e. The highest BCUT2D eigenvalue weighted by molar-refractivity contribution is 5.98. The van der Waals surface area contributed by atoms with Crippen molar-refractivity contribution in [2.24, 2.45) is 10.9 Å². The Labute approximate surface area is 197 Å². The normalized spacial score (nSPS) is 13.1. The molecule has 0 saturated heterocycles. The highest BCUT2D eigenvalue weighted by Crippen LogP contribution is 2.20. The third-order valence-electron chi connectivity index (χ3n) is 5.08. The van der Waals surface area contributed by atoms with Gasteiger partial charge in [-0.05, 0) is 60.9 Å². The van der Waals surface area contributed by atoms with Crippen LogP contribution < -0.4 is 21.1 Å². The molecule has 0 aromatic heterocycles. The Balaban J connectivity index is 1.23. The number of rotatable bonds is 10. The summed E-state index contributed by atoms with van der Waals surface area (Å²) in [6.07, 6.45) is 2.02. The fourth-order valence-electron chi connectivity index (χ4n) is 3.11. The van der Waals surface area contributed by atoms with Crippen molar-refractivity contribution in [2.75, 3.05) is 11.9 Å². The lowest BCUT2D eigenvalue weighted by Crippen LogP contribution is -2.25. The number of nitrogens with two attached hydrogens (primary N) is 1. The van der Waals surface area contributed by atoms with Gasteiger partial charge in [0.05, 0.1) is 0 Å². The summed E-state index contributed by atoms with van der Waals surface area (Å²) >= 11 is 0. The summed E-state index contributed by atoms with van der Waals surface area (Å²) in [5.41, 5.74) is 8.66. The van der Waals surface area contributed by atoms with E-state index in [1.807, 2.05) is 30.3 Å². The van der Waals surface area contributed by atoms with Crippen molar-refractivity contribution in [3.63, 3.8) is 0 Å². The van der Waals surface area contributed by atoms with Crippen LogP contribution in [0.2, 0.25) is 0 Å². The van der Waals surface area contributed by atoms with E-state index in [9.17, 15) is 9.59 Å². The van der Waals surface area contributed by atoms with Crippen molar-refractivity contribution in [3.8, 4) is 5.75 Å². The van der Waals surface area contributed by atoms with E-state index in [4.69, 9.17) is 15.3 Å². The van der Waals surface area contributed by atoms with E-state index in [1.165, 1.54) is 0 Å². The number of carbonyl (C=O) groups excluding carboxylic acids is 2. The monoisotopic (exact) mass is 458 g/mol. The summed E-state index contributed by atoms with van der Waals surface area (Å²) in [6, 6.07) is 24.0. The number of amidine groups is 1. The van der Waals surface area contributed by atoms with E-state index in [1.54, 1.807) is 48.5 Å². The third-order valence-corrected chi connectivity index (χ3v) is 5.08. The third kappa shape index (κ3) is 6.83. The summed E-state index contributed by atoms with van der Waals surface area (Å²) in [7, 11) is 0. The van der Waals surface area contributed by atoms with Gasteiger partial charge in [-0.1, -0.05) is 41.6 Å². The quantitative estimate of drug-likeness (QED) is 0.245. The van der Waals surface area contributed by atoms with Gasteiger partial charge in [0.1, 0.15) is 12.4 Å². The number of nitrogens with one attached hydrogen (secondary N) is 2. The Morgan fingerprint density at radius 2 is 1.71 bits per heavy atom. The Morgan fingerprint density at radius 1 is 0.941 bits per heavy atom. The molecular formula is C26H26N4O4. The molecule has 0 unspecified atom stereocenters. The van der Waals surface area contributed by atoms with Gasteiger partial charge in [0.2, 0.25) is 0 Å². The second-order valence-corrected chi connectivity index (χ2v) is 7.93. The second kappa shape index (κ2) is 11.0. The molecule has 34 heavy (non-hydrogen) atoms. The summed E-state index contributed by atoms with van der Waals surface area (Å²) < 4.78 is 5.75. The molecule has 0 spiro atoms. The number of ether oxygens (including phenoxy) is 1. The van der Waals surface area contributed by atoms with Crippen molar-refractivity contribution in [1.82, 2.24) is 5.32 Å². The van der Waals surface area contributed by atoms with Gasteiger partial charge in [-0.2, -0.15) is 0 Å². The van der Waals surface area contributed by atoms with Crippen LogP contribution in [-0.4, -0.2) is 30.3 Å². The number of anilines is 1. The van der Waals surface area contributed by atoms with Crippen molar-refractivity contribution < 1.29 is 19.2 Å². The minimum Gasteiger partial charge on any atom is -0.489 e. The molecule has 8 heteroatoms. The molecule has 0 heterocycles. The van der Waals surface area contributed by atoms with Crippen LogP contribution in [0.4, 0.5) is 5.69 Å². The Hall–Kier alpha value is -4.33. The van der Waals surface area contributed by atoms with E-state index < -0.39 is 5.91 Å². The summed E-state index contributed by atoms with van der Waals surface area (Å²) in [6.45, 7) is 0.146. The van der Waals surface area contributed by atoms with E-state index >= 15 is 0 Å². The molecule has 4 rings (SSSR count). The van der Waals surface area contributed by atoms with Gasteiger partial charge in [0.25, 0.3) is 11.8 Å². The first-order valence-corrected chi connectivity index (χ1v) is 11.0. The van der Waals surface area contributed by atoms with Crippen molar-refractivity contribution >= 4 is 23.3 Å². The standard InChI is InChI=1S/C26H26N4O4/c27-25(19-9-13-23(14-10-19)33-16-18-5-2-1-3-6-18)30-34-17-24(31)28-22-8-4-7-20(15-22)26(32)29-21-11-12-21/h1-10,13-15,21H,11-12,16-17H2,(H2,27,30)(H,28,31)(H,29,32). The molecule has 1 aliphatic rings. The van der Waals surface area contributed by atoms with E-state index in [0.717, 1.165) is 18.4 Å². The van der Waals surface area contributed by atoms with Crippen LogP contribution in [0.1, 0.15) is 34.3 Å². The van der Waals surface area contributed by atoms with E-state index in [-0.39, 0.29) is 24.4 Å². The molecule has 3 aromatic carbocycles. The number of hydrogen-bond donors (Lipinski definition) is 3. The predicted octanol–water partition coefficient (Wildman–Crippen LogP) is 3.43. The maximum Gasteiger partial charge on any atom is 0.265 e. The average molecular weight is 459 g/mol. The van der Waals surface area contributed by atoms with Gasteiger partial charge in [-0.3, -0.25) is 9.59 Å². The van der Waals surface area contributed by atoms with Crippen LogP contribution in [0.3, 0.4) is 0 Å². The predicted molar refractivity (Wildman–Crippen MR) is 129 cm³/mol. The molecule has 1 saturated carbocycles.